The number of rotatable bonds is 3. The molecule has 0 heterocycles. The average Bonchev–Trinajstić information content (AvgIpc) is 2.75. The van der Waals surface area contributed by atoms with E-state index >= 15 is 0 Å². The second-order valence-electron chi connectivity index (χ2n) is 4.29. The molecule has 1 aliphatic carbocycles. The van der Waals surface area contributed by atoms with E-state index in [0.717, 1.165) is 24.8 Å². The van der Waals surface area contributed by atoms with Crippen LogP contribution in [0.5, 0.6) is 0 Å². The molecule has 0 radical (unpaired) electrons. The van der Waals surface area contributed by atoms with Crippen LogP contribution in [-0.4, -0.2) is 14.5 Å². The second kappa shape index (κ2) is 4.52. The van der Waals surface area contributed by atoms with Crippen LogP contribution in [0.2, 0.25) is 0 Å². The highest BCUT2D eigenvalue weighted by molar-refractivity contribution is 7.89. The molecule has 4 heteroatoms. The Morgan fingerprint density at radius 3 is 2.76 bits per heavy atom. The van der Waals surface area contributed by atoms with E-state index in [9.17, 15) is 8.42 Å². The van der Waals surface area contributed by atoms with Gasteiger partial charge in [0.2, 0.25) is 10.0 Å². The van der Waals surface area contributed by atoms with Crippen LogP contribution < -0.4 is 4.72 Å². The largest absolute Gasteiger partial charge is 0.241 e. The van der Waals surface area contributed by atoms with Crippen LogP contribution in [0.4, 0.5) is 0 Å². The maximum Gasteiger partial charge on any atom is 0.241 e. The molecule has 2 rings (SSSR count). The highest BCUT2D eigenvalue weighted by Crippen LogP contribution is 2.24. The van der Waals surface area contributed by atoms with Gasteiger partial charge in [0.25, 0.3) is 0 Å². The molecule has 0 spiro atoms. The average molecular weight is 249 g/mol. The number of fused-ring (bicyclic) bond motifs is 1. The van der Waals surface area contributed by atoms with Gasteiger partial charge in [0, 0.05) is 0 Å². The molecule has 1 aliphatic rings. The molecular formula is C13H15NO2S. The van der Waals surface area contributed by atoms with E-state index < -0.39 is 16.1 Å². The van der Waals surface area contributed by atoms with Gasteiger partial charge < -0.3 is 0 Å². The van der Waals surface area contributed by atoms with Crippen molar-refractivity contribution in [2.24, 2.45) is 0 Å². The van der Waals surface area contributed by atoms with E-state index in [0.29, 0.717) is 4.90 Å². The van der Waals surface area contributed by atoms with Crippen molar-refractivity contribution in [1.29, 1.82) is 0 Å². The molecule has 3 nitrogen and oxygen atoms in total. The summed E-state index contributed by atoms with van der Waals surface area (Å²) in [5, 5.41) is 0. The zero-order valence-corrected chi connectivity index (χ0v) is 10.5. The molecule has 0 unspecified atom stereocenters. The number of hydrogen-bond acceptors (Lipinski definition) is 2. The van der Waals surface area contributed by atoms with Gasteiger partial charge in [-0.05, 0) is 49.4 Å². The quantitative estimate of drug-likeness (QED) is 0.825. The fourth-order valence-corrected chi connectivity index (χ4v) is 3.26. The molecule has 0 fully saturated rings. The van der Waals surface area contributed by atoms with E-state index in [-0.39, 0.29) is 0 Å². The van der Waals surface area contributed by atoms with Gasteiger partial charge in [-0.3, -0.25) is 0 Å². The maximum atomic E-state index is 12.0. The van der Waals surface area contributed by atoms with Gasteiger partial charge in [0.15, 0.2) is 0 Å². The summed E-state index contributed by atoms with van der Waals surface area (Å²) in [6.07, 6.45) is 8.28. The first-order valence-electron chi connectivity index (χ1n) is 5.63. The third-order valence-electron chi connectivity index (χ3n) is 2.96. The Morgan fingerprint density at radius 1 is 1.35 bits per heavy atom. The van der Waals surface area contributed by atoms with Crippen LogP contribution in [-0.2, 0) is 22.9 Å². The van der Waals surface area contributed by atoms with Gasteiger partial charge >= 0.3 is 0 Å². The normalized spacial score (nSPS) is 16.2. The Bertz CT molecular complexity index is 570. The second-order valence-corrected chi connectivity index (χ2v) is 6.01. The predicted octanol–water partition coefficient (Wildman–Crippen LogP) is 1.48. The lowest BCUT2D eigenvalue weighted by Gasteiger charge is -2.10. The lowest BCUT2D eigenvalue weighted by molar-refractivity contribution is 0.577. The highest BCUT2D eigenvalue weighted by atomic mass is 32.2. The molecule has 90 valence electrons. The summed E-state index contributed by atoms with van der Waals surface area (Å²) in [6.45, 7) is 1.64. The smallest absolute Gasteiger partial charge is 0.207 e. The predicted molar refractivity (Wildman–Crippen MR) is 67.1 cm³/mol. The van der Waals surface area contributed by atoms with Crippen molar-refractivity contribution < 1.29 is 8.42 Å². The molecule has 1 atom stereocenters. The summed E-state index contributed by atoms with van der Waals surface area (Å²) in [7, 11) is -3.49. The van der Waals surface area contributed by atoms with Crippen molar-refractivity contribution in [2.75, 3.05) is 0 Å². The molecule has 1 aromatic carbocycles. The number of terminal acetylenes is 1. The lowest BCUT2D eigenvalue weighted by atomic mass is 10.1. The van der Waals surface area contributed by atoms with Gasteiger partial charge in [-0.1, -0.05) is 12.0 Å². The van der Waals surface area contributed by atoms with Crippen molar-refractivity contribution in [3.05, 3.63) is 29.3 Å². The van der Waals surface area contributed by atoms with Gasteiger partial charge in [-0.25, -0.2) is 8.42 Å². The third-order valence-corrected chi connectivity index (χ3v) is 4.50. The van der Waals surface area contributed by atoms with E-state index in [4.69, 9.17) is 6.42 Å². The monoisotopic (exact) mass is 249 g/mol. The Balaban J connectivity index is 2.32. The minimum Gasteiger partial charge on any atom is -0.207 e. The molecule has 0 aromatic heterocycles. The molecule has 0 aliphatic heterocycles. The van der Waals surface area contributed by atoms with Gasteiger partial charge in [0.05, 0.1) is 10.9 Å². The topological polar surface area (TPSA) is 46.2 Å². The molecule has 0 saturated heterocycles. The summed E-state index contributed by atoms with van der Waals surface area (Å²) in [5.74, 6) is 2.35. The fraction of sp³-hybridized carbons (Fsp3) is 0.385. The van der Waals surface area contributed by atoms with Crippen LogP contribution in [0.15, 0.2) is 23.1 Å². The van der Waals surface area contributed by atoms with Crippen molar-refractivity contribution in [3.63, 3.8) is 0 Å². The summed E-state index contributed by atoms with van der Waals surface area (Å²) in [4.78, 5) is 0.306. The van der Waals surface area contributed by atoms with Gasteiger partial charge in [0.1, 0.15) is 0 Å². The molecular weight excluding hydrogens is 234 g/mol. The third kappa shape index (κ3) is 2.51. The standard InChI is InChI=1S/C13H15NO2S/c1-3-10(2)14-17(15,16)13-8-7-11-5-4-6-12(11)9-13/h1,7-10,14H,4-6H2,2H3/t10-/m0/s1. The maximum absolute atomic E-state index is 12.0. The minimum absolute atomic E-state index is 0.306. The van der Waals surface area contributed by atoms with Crippen LogP contribution >= 0.6 is 0 Å². The Morgan fingerprint density at radius 2 is 2.06 bits per heavy atom. The van der Waals surface area contributed by atoms with Gasteiger partial charge in [-0.15, -0.1) is 6.42 Å². The van der Waals surface area contributed by atoms with E-state index in [2.05, 4.69) is 10.6 Å². The van der Waals surface area contributed by atoms with Crippen molar-refractivity contribution >= 4 is 10.0 Å². The Labute approximate surface area is 102 Å². The van der Waals surface area contributed by atoms with Crippen molar-refractivity contribution in [2.45, 2.75) is 37.1 Å². The zero-order chi connectivity index (χ0) is 12.5. The summed E-state index contributed by atoms with van der Waals surface area (Å²) in [5.41, 5.74) is 2.40. The summed E-state index contributed by atoms with van der Waals surface area (Å²) >= 11 is 0. The van der Waals surface area contributed by atoms with Crippen molar-refractivity contribution in [3.8, 4) is 12.3 Å². The van der Waals surface area contributed by atoms with Crippen LogP contribution in [0.25, 0.3) is 0 Å². The molecule has 0 bridgehead atoms. The Hall–Kier alpha value is -1.31. The fourth-order valence-electron chi connectivity index (χ4n) is 2.05. The lowest BCUT2D eigenvalue weighted by Crippen LogP contribution is -2.31. The molecule has 0 amide bonds. The molecule has 0 saturated carbocycles. The summed E-state index contributed by atoms with van der Waals surface area (Å²) < 4.78 is 26.4. The van der Waals surface area contributed by atoms with Crippen LogP contribution in [0.3, 0.4) is 0 Å². The zero-order valence-electron chi connectivity index (χ0n) is 9.73. The van der Waals surface area contributed by atoms with Crippen LogP contribution in [0, 0.1) is 12.3 Å². The van der Waals surface area contributed by atoms with Gasteiger partial charge in [-0.2, -0.15) is 4.72 Å². The first-order chi connectivity index (χ1) is 8.03. The van der Waals surface area contributed by atoms with E-state index in [1.165, 1.54) is 5.56 Å². The highest BCUT2D eigenvalue weighted by Gasteiger charge is 2.19. The summed E-state index contributed by atoms with van der Waals surface area (Å²) in [6, 6.07) is 4.81. The van der Waals surface area contributed by atoms with Crippen molar-refractivity contribution in [1.82, 2.24) is 4.72 Å². The first-order valence-corrected chi connectivity index (χ1v) is 7.11. The SMILES string of the molecule is C#C[C@H](C)NS(=O)(=O)c1ccc2c(c1)CCC2. The Kier molecular flexibility index (Phi) is 3.23. The van der Waals surface area contributed by atoms with E-state index in [1.807, 2.05) is 6.07 Å². The first kappa shape index (κ1) is 12.2. The number of sulfonamides is 1. The minimum atomic E-state index is -3.49. The van der Waals surface area contributed by atoms with Crippen LogP contribution in [0.1, 0.15) is 24.5 Å². The molecule has 1 aromatic rings. The number of nitrogens with one attached hydrogen (secondary N) is 1. The molecule has 17 heavy (non-hydrogen) atoms. The number of hydrogen-bond donors (Lipinski definition) is 1. The number of benzene rings is 1. The van der Waals surface area contributed by atoms with E-state index in [1.54, 1.807) is 19.1 Å². The molecule has 1 N–H and O–H groups in total. The number of aryl methyl sites for hydroxylation is 2.